The van der Waals surface area contributed by atoms with Crippen LogP contribution in [0.15, 0.2) is 58.3 Å². The molecule has 1 heterocycles. The minimum absolute atomic E-state index is 0.549. The second-order valence-electron chi connectivity index (χ2n) is 4.96. The third kappa shape index (κ3) is 5.56. The zero-order valence-electron chi connectivity index (χ0n) is 13.4. The molecule has 0 saturated heterocycles. The van der Waals surface area contributed by atoms with Crippen molar-refractivity contribution in [3.63, 3.8) is 0 Å². The van der Waals surface area contributed by atoms with E-state index in [1.807, 2.05) is 37.4 Å². The third-order valence-electron chi connectivity index (χ3n) is 3.23. The van der Waals surface area contributed by atoms with Gasteiger partial charge in [0.1, 0.15) is 12.4 Å². The van der Waals surface area contributed by atoms with Gasteiger partial charge in [0.25, 0.3) is 0 Å². The molecule has 0 fully saturated rings. The third-order valence-corrected chi connectivity index (χ3v) is 4.00. The highest BCUT2D eigenvalue weighted by Gasteiger charge is 2.08. The highest BCUT2D eigenvalue weighted by atomic mass is 79.9. The van der Waals surface area contributed by atoms with Gasteiger partial charge < -0.3 is 15.0 Å². The predicted octanol–water partition coefficient (Wildman–Crippen LogP) is 2.93. The Labute approximate surface area is 145 Å². The molecule has 6 heteroatoms. The number of nitrogens with zero attached hydrogens (tertiary/aromatic N) is 3. The number of aromatic nitrogens is 1. The summed E-state index contributed by atoms with van der Waals surface area (Å²) < 4.78 is 6.71. The van der Waals surface area contributed by atoms with Crippen LogP contribution in [0.2, 0.25) is 0 Å². The molecule has 0 bridgehead atoms. The molecule has 1 aromatic carbocycles. The minimum Gasteiger partial charge on any atom is -0.490 e. The Kier molecular flexibility index (Phi) is 6.87. The van der Waals surface area contributed by atoms with Crippen molar-refractivity contribution in [2.45, 2.75) is 6.54 Å². The van der Waals surface area contributed by atoms with Gasteiger partial charge in [-0.05, 0) is 23.8 Å². The molecule has 0 amide bonds. The number of hydrogen-bond acceptors (Lipinski definition) is 3. The van der Waals surface area contributed by atoms with Crippen molar-refractivity contribution in [3.8, 4) is 5.75 Å². The highest BCUT2D eigenvalue weighted by molar-refractivity contribution is 9.10. The first-order chi connectivity index (χ1) is 11.2. The minimum atomic E-state index is 0.549. The molecule has 0 aliphatic rings. The summed E-state index contributed by atoms with van der Waals surface area (Å²) in [6.45, 7) is 1.99. The quantitative estimate of drug-likeness (QED) is 0.478. The van der Waals surface area contributed by atoms with Gasteiger partial charge >= 0.3 is 0 Å². The van der Waals surface area contributed by atoms with Crippen LogP contribution >= 0.6 is 15.9 Å². The first-order valence-corrected chi connectivity index (χ1v) is 8.18. The lowest BCUT2D eigenvalue weighted by Gasteiger charge is -2.22. The summed E-state index contributed by atoms with van der Waals surface area (Å²) in [4.78, 5) is 10.4. The Balaban J connectivity index is 1.79. The largest absolute Gasteiger partial charge is 0.490 e. The number of ether oxygens (including phenoxy) is 1. The lowest BCUT2D eigenvalue weighted by molar-refractivity contribution is 0.318. The summed E-state index contributed by atoms with van der Waals surface area (Å²) in [5.41, 5.74) is 1.21. The van der Waals surface area contributed by atoms with Crippen LogP contribution in [0.3, 0.4) is 0 Å². The van der Waals surface area contributed by atoms with Crippen LogP contribution in [-0.2, 0) is 6.54 Å². The summed E-state index contributed by atoms with van der Waals surface area (Å²) in [5, 5.41) is 3.29. The van der Waals surface area contributed by atoms with Crippen molar-refractivity contribution in [1.29, 1.82) is 0 Å². The molecule has 5 nitrogen and oxygen atoms in total. The van der Waals surface area contributed by atoms with E-state index in [4.69, 9.17) is 4.74 Å². The summed E-state index contributed by atoms with van der Waals surface area (Å²) in [6, 6.07) is 11.9. The molecule has 1 N–H and O–H groups in total. The standard InChI is InChI=1S/C17H21BrN4O/c1-19-17(21-10-11-23-15-7-5-9-20-12-15)22(2)13-14-6-3-4-8-16(14)18/h3-9,12H,10-11,13H2,1-2H3,(H,19,21). The van der Waals surface area contributed by atoms with E-state index in [0.29, 0.717) is 13.2 Å². The van der Waals surface area contributed by atoms with Crippen LogP contribution in [0.25, 0.3) is 0 Å². The topological polar surface area (TPSA) is 49.8 Å². The van der Waals surface area contributed by atoms with Gasteiger partial charge in [0.15, 0.2) is 5.96 Å². The fourth-order valence-corrected chi connectivity index (χ4v) is 2.52. The molecular formula is C17H21BrN4O. The molecule has 0 spiro atoms. The summed E-state index contributed by atoms with van der Waals surface area (Å²) in [6.07, 6.45) is 3.43. The first kappa shape index (κ1) is 17.3. The van der Waals surface area contributed by atoms with Crippen molar-refractivity contribution >= 4 is 21.9 Å². The van der Waals surface area contributed by atoms with Crippen molar-refractivity contribution in [3.05, 3.63) is 58.8 Å². The normalized spacial score (nSPS) is 11.2. The van der Waals surface area contributed by atoms with E-state index < -0.39 is 0 Å². The van der Waals surface area contributed by atoms with Gasteiger partial charge in [-0.15, -0.1) is 0 Å². The van der Waals surface area contributed by atoms with Crippen LogP contribution in [-0.4, -0.2) is 43.1 Å². The number of nitrogens with one attached hydrogen (secondary N) is 1. The molecule has 0 radical (unpaired) electrons. The van der Waals surface area contributed by atoms with E-state index >= 15 is 0 Å². The van der Waals surface area contributed by atoms with Crippen LogP contribution in [0.5, 0.6) is 5.75 Å². The molecule has 0 atom stereocenters. The number of aliphatic imine (C=N–C) groups is 1. The van der Waals surface area contributed by atoms with Crippen molar-refractivity contribution < 1.29 is 4.74 Å². The molecule has 122 valence electrons. The molecule has 0 aliphatic carbocycles. The van der Waals surface area contributed by atoms with Crippen LogP contribution in [0.1, 0.15) is 5.56 Å². The van der Waals surface area contributed by atoms with Gasteiger partial charge in [-0.1, -0.05) is 34.1 Å². The van der Waals surface area contributed by atoms with Gasteiger partial charge in [0.2, 0.25) is 0 Å². The predicted molar refractivity (Wildman–Crippen MR) is 96.7 cm³/mol. The van der Waals surface area contributed by atoms with Crippen molar-refractivity contribution in [2.75, 3.05) is 27.2 Å². The number of guanidine groups is 1. The average molecular weight is 377 g/mol. The fourth-order valence-electron chi connectivity index (χ4n) is 2.11. The number of hydrogen-bond donors (Lipinski definition) is 1. The average Bonchev–Trinajstić information content (AvgIpc) is 2.58. The van der Waals surface area contributed by atoms with Crippen LogP contribution < -0.4 is 10.1 Å². The zero-order valence-corrected chi connectivity index (χ0v) is 15.0. The van der Waals surface area contributed by atoms with Gasteiger partial charge in [-0.2, -0.15) is 0 Å². The molecule has 2 rings (SSSR count). The Morgan fingerprint density at radius 2 is 2.13 bits per heavy atom. The summed E-state index contributed by atoms with van der Waals surface area (Å²) in [7, 11) is 3.79. The zero-order chi connectivity index (χ0) is 16.5. The molecule has 0 saturated carbocycles. The molecule has 0 unspecified atom stereocenters. The van der Waals surface area contributed by atoms with Gasteiger partial charge in [0, 0.05) is 31.3 Å². The molecule has 2 aromatic rings. The maximum absolute atomic E-state index is 5.61. The Morgan fingerprint density at radius 1 is 1.30 bits per heavy atom. The Morgan fingerprint density at radius 3 is 2.83 bits per heavy atom. The highest BCUT2D eigenvalue weighted by Crippen LogP contribution is 2.17. The van der Waals surface area contributed by atoms with Crippen molar-refractivity contribution in [2.24, 2.45) is 4.99 Å². The summed E-state index contributed by atoms with van der Waals surface area (Å²) >= 11 is 3.57. The molecule has 0 aliphatic heterocycles. The van der Waals surface area contributed by atoms with Gasteiger partial charge in [-0.25, -0.2) is 0 Å². The summed E-state index contributed by atoms with van der Waals surface area (Å²) in [5.74, 6) is 1.60. The van der Waals surface area contributed by atoms with E-state index in [0.717, 1.165) is 22.7 Å². The molecule has 23 heavy (non-hydrogen) atoms. The SMILES string of the molecule is CN=C(NCCOc1cccnc1)N(C)Cc1ccccc1Br. The molecule has 1 aromatic heterocycles. The lowest BCUT2D eigenvalue weighted by Crippen LogP contribution is -2.40. The molecular weight excluding hydrogens is 356 g/mol. The smallest absolute Gasteiger partial charge is 0.193 e. The fraction of sp³-hybridized carbons (Fsp3) is 0.294. The lowest BCUT2D eigenvalue weighted by atomic mass is 10.2. The van der Waals surface area contributed by atoms with Crippen molar-refractivity contribution in [1.82, 2.24) is 15.2 Å². The van der Waals surface area contributed by atoms with Gasteiger partial charge in [0.05, 0.1) is 12.7 Å². The van der Waals surface area contributed by atoms with E-state index in [2.05, 4.69) is 42.2 Å². The number of rotatable bonds is 6. The number of benzene rings is 1. The van der Waals surface area contributed by atoms with Gasteiger partial charge in [-0.3, -0.25) is 9.98 Å². The van der Waals surface area contributed by atoms with E-state index in [-0.39, 0.29) is 0 Å². The number of pyridine rings is 1. The van der Waals surface area contributed by atoms with Crippen LogP contribution in [0, 0.1) is 0 Å². The first-order valence-electron chi connectivity index (χ1n) is 7.38. The van der Waals surface area contributed by atoms with E-state index in [9.17, 15) is 0 Å². The van der Waals surface area contributed by atoms with E-state index in [1.165, 1.54) is 5.56 Å². The second kappa shape index (κ2) is 9.15. The van der Waals surface area contributed by atoms with E-state index in [1.54, 1.807) is 19.4 Å². The Hall–Kier alpha value is -2.08. The Bertz CT molecular complexity index is 634. The monoisotopic (exact) mass is 376 g/mol. The van der Waals surface area contributed by atoms with Crippen LogP contribution in [0.4, 0.5) is 0 Å². The maximum Gasteiger partial charge on any atom is 0.193 e. The second-order valence-corrected chi connectivity index (χ2v) is 5.81. The maximum atomic E-state index is 5.61. The number of halogens is 1.